The van der Waals surface area contributed by atoms with Gasteiger partial charge in [-0.2, -0.15) is 0 Å². The lowest BCUT2D eigenvalue weighted by atomic mass is 10.0. The summed E-state index contributed by atoms with van der Waals surface area (Å²) in [6, 6.07) is 19.1. The van der Waals surface area contributed by atoms with Gasteiger partial charge >= 0.3 is 6.09 Å². The minimum Gasteiger partial charge on any atom is -0.444 e. The van der Waals surface area contributed by atoms with Gasteiger partial charge in [0.15, 0.2) is 0 Å². The highest BCUT2D eigenvalue weighted by Crippen LogP contribution is 2.40. The molecule has 3 atom stereocenters. The van der Waals surface area contributed by atoms with Gasteiger partial charge in [-0.3, -0.25) is 4.90 Å². The van der Waals surface area contributed by atoms with E-state index in [0.29, 0.717) is 5.92 Å². The molecular weight excluding hydrogens is 490 g/mol. The van der Waals surface area contributed by atoms with Crippen molar-refractivity contribution < 1.29 is 9.53 Å². The van der Waals surface area contributed by atoms with Crippen LogP contribution in [0, 0.1) is 5.92 Å². The number of hydrogen-bond acceptors (Lipinski definition) is 3. The number of aromatic nitrogens is 2. The van der Waals surface area contributed by atoms with Crippen LogP contribution in [0.4, 0.5) is 4.79 Å². The molecule has 1 saturated heterocycles. The van der Waals surface area contributed by atoms with Crippen LogP contribution in [0.1, 0.15) is 52.9 Å². The average molecular weight is 520 g/mol. The first kappa shape index (κ1) is 22.9. The third-order valence-corrected chi connectivity index (χ3v) is 7.24. The zero-order chi connectivity index (χ0) is 24.2. The summed E-state index contributed by atoms with van der Waals surface area (Å²) in [6.07, 6.45) is 0.575. The highest BCUT2D eigenvalue weighted by Gasteiger charge is 2.43. The Labute approximate surface area is 208 Å². The Morgan fingerprint density at radius 3 is 2.47 bits per heavy atom. The Hall–Kier alpha value is -2.86. The number of imidazole rings is 1. The van der Waals surface area contributed by atoms with Gasteiger partial charge in [-0.05, 0) is 92.3 Å². The molecule has 176 valence electrons. The van der Waals surface area contributed by atoms with Crippen LogP contribution in [0.15, 0.2) is 59.1 Å². The molecule has 1 aliphatic heterocycles. The van der Waals surface area contributed by atoms with Crippen molar-refractivity contribution in [3.8, 4) is 11.1 Å². The Morgan fingerprint density at radius 2 is 1.71 bits per heavy atom. The summed E-state index contributed by atoms with van der Waals surface area (Å²) in [6.45, 7) is 9.98. The second kappa shape index (κ2) is 8.42. The van der Waals surface area contributed by atoms with E-state index in [4.69, 9.17) is 9.72 Å². The van der Waals surface area contributed by atoms with E-state index in [1.165, 1.54) is 10.8 Å². The SMILES string of the molecule is C[C@@H]1C[C@@H](c2nc3ccc(-c4ccc5cc(Br)ccc5c4)cc3[nH]2)N(C(=O)OC(C)(C)C)[C@@H]1C. The molecule has 1 aliphatic rings. The summed E-state index contributed by atoms with van der Waals surface area (Å²) in [4.78, 5) is 23.3. The van der Waals surface area contributed by atoms with Crippen molar-refractivity contribution in [2.45, 2.75) is 58.7 Å². The van der Waals surface area contributed by atoms with E-state index >= 15 is 0 Å². The number of benzene rings is 3. The molecule has 1 N–H and O–H groups in total. The number of ether oxygens (including phenoxy) is 1. The predicted octanol–water partition coefficient (Wildman–Crippen LogP) is 7.85. The highest BCUT2D eigenvalue weighted by atomic mass is 79.9. The molecule has 5 nitrogen and oxygen atoms in total. The number of likely N-dealkylation sites (tertiary alicyclic amines) is 1. The van der Waals surface area contributed by atoms with E-state index in [0.717, 1.165) is 38.9 Å². The van der Waals surface area contributed by atoms with Crippen molar-refractivity contribution in [1.82, 2.24) is 14.9 Å². The Balaban J connectivity index is 1.48. The molecule has 3 aromatic carbocycles. The number of rotatable bonds is 2. The number of H-pyrrole nitrogens is 1. The Morgan fingerprint density at radius 1 is 1.03 bits per heavy atom. The van der Waals surface area contributed by atoms with Crippen LogP contribution >= 0.6 is 15.9 Å². The van der Waals surface area contributed by atoms with Gasteiger partial charge in [-0.15, -0.1) is 0 Å². The third kappa shape index (κ3) is 4.31. The molecule has 2 heterocycles. The minimum atomic E-state index is -0.536. The molecule has 0 spiro atoms. The van der Waals surface area contributed by atoms with E-state index in [9.17, 15) is 4.79 Å². The maximum absolute atomic E-state index is 13.0. The molecule has 1 amide bonds. The number of carbonyl (C=O) groups excluding carboxylic acids is 1. The Kier molecular flexibility index (Phi) is 5.67. The molecule has 1 aromatic heterocycles. The van der Waals surface area contributed by atoms with Gasteiger partial charge in [-0.1, -0.05) is 47.1 Å². The van der Waals surface area contributed by atoms with Gasteiger partial charge in [0.25, 0.3) is 0 Å². The zero-order valence-corrected chi connectivity index (χ0v) is 21.8. The average Bonchev–Trinajstić information content (AvgIpc) is 3.32. The number of nitrogens with zero attached hydrogens (tertiary/aromatic N) is 2. The van der Waals surface area contributed by atoms with Crippen LogP contribution in [0.5, 0.6) is 0 Å². The summed E-state index contributed by atoms with van der Waals surface area (Å²) < 4.78 is 6.81. The smallest absolute Gasteiger partial charge is 0.411 e. The fourth-order valence-electron chi connectivity index (χ4n) is 4.84. The molecule has 6 heteroatoms. The fourth-order valence-corrected chi connectivity index (χ4v) is 5.21. The lowest BCUT2D eigenvalue weighted by Gasteiger charge is -2.31. The molecule has 0 unspecified atom stereocenters. The first-order chi connectivity index (χ1) is 16.1. The molecule has 0 bridgehead atoms. The van der Waals surface area contributed by atoms with E-state index in [1.807, 2.05) is 25.7 Å². The predicted molar refractivity (Wildman–Crippen MR) is 141 cm³/mol. The number of amides is 1. The number of halogens is 1. The van der Waals surface area contributed by atoms with Crippen LogP contribution in [0.2, 0.25) is 0 Å². The summed E-state index contributed by atoms with van der Waals surface area (Å²) in [7, 11) is 0. The number of aromatic amines is 1. The van der Waals surface area contributed by atoms with Crippen molar-refractivity contribution >= 4 is 43.8 Å². The quantitative estimate of drug-likeness (QED) is 0.293. The van der Waals surface area contributed by atoms with Gasteiger partial charge in [-0.25, -0.2) is 9.78 Å². The number of carbonyl (C=O) groups is 1. The summed E-state index contributed by atoms with van der Waals surface area (Å²) >= 11 is 3.54. The maximum Gasteiger partial charge on any atom is 0.411 e. The lowest BCUT2D eigenvalue weighted by Crippen LogP contribution is -2.41. The van der Waals surface area contributed by atoms with Gasteiger partial charge in [0.1, 0.15) is 11.4 Å². The monoisotopic (exact) mass is 519 g/mol. The number of fused-ring (bicyclic) bond motifs is 2. The molecule has 1 fully saturated rings. The first-order valence-electron chi connectivity index (χ1n) is 11.8. The van der Waals surface area contributed by atoms with Crippen LogP contribution < -0.4 is 0 Å². The number of hydrogen-bond donors (Lipinski definition) is 1. The normalized spacial score (nSPS) is 20.9. The van der Waals surface area contributed by atoms with Crippen LogP contribution in [-0.2, 0) is 4.74 Å². The van der Waals surface area contributed by atoms with E-state index < -0.39 is 5.60 Å². The van der Waals surface area contributed by atoms with Crippen molar-refractivity contribution in [2.75, 3.05) is 0 Å². The van der Waals surface area contributed by atoms with Crippen molar-refractivity contribution in [3.05, 3.63) is 64.9 Å². The topological polar surface area (TPSA) is 58.2 Å². The third-order valence-electron chi connectivity index (χ3n) is 6.75. The van der Waals surface area contributed by atoms with Gasteiger partial charge in [0, 0.05) is 10.5 Å². The summed E-state index contributed by atoms with van der Waals surface area (Å²) in [5.74, 6) is 1.18. The van der Waals surface area contributed by atoms with E-state index in [1.54, 1.807) is 0 Å². The largest absolute Gasteiger partial charge is 0.444 e. The van der Waals surface area contributed by atoms with Crippen molar-refractivity contribution in [3.63, 3.8) is 0 Å². The molecule has 0 aliphatic carbocycles. The zero-order valence-electron chi connectivity index (χ0n) is 20.2. The van der Waals surface area contributed by atoms with Crippen molar-refractivity contribution in [1.29, 1.82) is 0 Å². The van der Waals surface area contributed by atoms with Gasteiger partial charge in [0.2, 0.25) is 0 Å². The second-order valence-electron chi connectivity index (χ2n) is 10.4. The summed E-state index contributed by atoms with van der Waals surface area (Å²) in [5, 5.41) is 2.41. The van der Waals surface area contributed by atoms with Crippen molar-refractivity contribution in [2.24, 2.45) is 5.92 Å². The minimum absolute atomic E-state index is 0.0845. The van der Waals surface area contributed by atoms with E-state index in [2.05, 4.69) is 89.4 Å². The highest BCUT2D eigenvalue weighted by molar-refractivity contribution is 9.10. The summed E-state index contributed by atoms with van der Waals surface area (Å²) in [5.41, 5.74) is 3.63. The molecule has 0 saturated carbocycles. The van der Waals surface area contributed by atoms with Gasteiger partial charge in [0.05, 0.1) is 17.1 Å². The van der Waals surface area contributed by atoms with Crippen LogP contribution in [0.25, 0.3) is 32.9 Å². The lowest BCUT2D eigenvalue weighted by molar-refractivity contribution is 0.0140. The maximum atomic E-state index is 13.0. The molecule has 34 heavy (non-hydrogen) atoms. The second-order valence-corrected chi connectivity index (χ2v) is 11.3. The van der Waals surface area contributed by atoms with Gasteiger partial charge < -0.3 is 9.72 Å². The van der Waals surface area contributed by atoms with Crippen LogP contribution in [-0.4, -0.2) is 32.6 Å². The Bertz CT molecular complexity index is 1390. The molecule has 0 radical (unpaired) electrons. The van der Waals surface area contributed by atoms with Crippen LogP contribution in [0.3, 0.4) is 0 Å². The van der Waals surface area contributed by atoms with E-state index in [-0.39, 0.29) is 18.2 Å². The number of nitrogens with one attached hydrogen (secondary N) is 1. The molecule has 5 rings (SSSR count). The molecule has 4 aromatic rings. The molecular formula is C28H30BrN3O2. The standard InChI is InChI=1S/C28H30BrN3O2/c1-16-12-25(32(17(16)2)27(33)34-28(3,4)5)26-30-23-11-9-21(15-24(23)31-26)18-6-7-20-14-22(29)10-8-19(20)13-18/h6-11,13-17,25H,12H2,1-5H3,(H,30,31)/t16-,17-,25+/m1/s1. The first-order valence-corrected chi connectivity index (χ1v) is 12.6. The fraction of sp³-hybridized carbons (Fsp3) is 0.357.